The zero-order valence-corrected chi connectivity index (χ0v) is 15.1. The number of ether oxygens (including phenoxy) is 1. The Morgan fingerprint density at radius 2 is 1.93 bits per heavy atom. The summed E-state index contributed by atoms with van der Waals surface area (Å²) in [5.41, 5.74) is 1.45. The number of aliphatic hydroxyl groups excluding tert-OH is 1. The number of benzene rings is 2. The fourth-order valence-electron chi connectivity index (χ4n) is 3.56. The van der Waals surface area contributed by atoms with E-state index in [2.05, 4.69) is 10.6 Å². The van der Waals surface area contributed by atoms with Crippen LogP contribution in [0, 0.1) is 0 Å². The zero-order valence-electron chi connectivity index (χ0n) is 15.1. The van der Waals surface area contributed by atoms with Crippen LogP contribution in [0.15, 0.2) is 42.5 Å². The largest absolute Gasteiger partial charge is 0.491 e. The number of fused-ring (bicyclic) bond motifs is 1. The van der Waals surface area contributed by atoms with Crippen molar-refractivity contribution in [3.63, 3.8) is 0 Å². The van der Waals surface area contributed by atoms with Crippen LogP contribution in [0.5, 0.6) is 5.75 Å². The van der Waals surface area contributed by atoms with Crippen molar-refractivity contribution in [1.82, 2.24) is 10.6 Å². The number of carbonyl (C=O) groups excluding carboxylic acids is 2. The van der Waals surface area contributed by atoms with E-state index in [1.165, 1.54) is 7.05 Å². The van der Waals surface area contributed by atoms with Crippen molar-refractivity contribution in [2.24, 2.45) is 0 Å². The fraction of sp³-hybridized carbons (Fsp3) is 0.333. The Balaban J connectivity index is 1.87. The molecule has 0 unspecified atom stereocenters. The summed E-state index contributed by atoms with van der Waals surface area (Å²) < 4.78 is 5.89. The lowest BCUT2D eigenvalue weighted by molar-refractivity contribution is 0.0950. The Labute approximate surface area is 157 Å². The van der Waals surface area contributed by atoms with Crippen molar-refractivity contribution in [3.05, 3.63) is 64.7 Å². The van der Waals surface area contributed by atoms with Gasteiger partial charge >= 0.3 is 0 Å². The molecule has 27 heavy (non-hydrogen) atoms. The lowest BCUT2D eigenvalue weighted by atomic mass is 9.76. The van der Waals surface area contributed by atoms with Crippen molar-refractivity contribution < 1.29 is 19.4 Å². The van der Waals surface area contributed by atoms with Gasteiger partial charge in [-0.3, -0.25) is 9.59 Å². The van der Waals surface area contributed by atoms with Gasteiger partial charge in [-0.05, 0) is 30.5 Å². The van der Waals surface area contributed by atoms with Crippen molar-refractivity contribution >= 4 is 11.8 Å². The average Bonchev–Trinajstić information content (AvgIpc) is 3.44. The van der Waals surface area contributed by atoms with Crippen LogP contribution in [0.2, 0.25) is 0 Å². The molecule has 3 N–H and O–H groups in total. The normalized spacial score (nSPS) is 20.5. The first kappa shape index (κ1) is 17.5. The summed E-state index contributed by atoms with van der Waals surface area (Å²) in [6.45, 7) is 0.0193. The molecule has 0 radical (unpaired) electrons. The molecule has 140 valence electrons. The van der Waals surface area contributed by atoms with Crippen LogP contribution in [0.1, 0.15) is 44.7 Å². The molecule has 2 aliphatic rings. The molecule has 0 spiro atoms. The molecule has 0 bridgehead atoms. The summed E-state index contributed by atoms with van der Waals surface area (Å²) in [6.07, 6.45) is 1.96. The van der Waals surface area contributed by atoms with Gasteiger partial charge in [0.15, 0.2) is 0 Å². The van der Waals surface area contributed by atoms with Gasteiger partial charge in [-0.25, -0.2) is 0 Å². The van der Waals surface area contributed by atoms with Crippen molar-refractivity contribution in [2.75, 3.05) is 20.3 Å². The molecule has 1 heterocycles. The molecular formula is C21H22N2O4. The Hall–Kier alpha value is -2.86. The summed E-state index contributed by atoms with van der Waals surface area (Å²) in [4.78, 5) is 25.1. The number of rotatable bonds is 5. The van der Waals surface area contributed by atoms with Crippen molar-refractivity contribution in [3.8, 4) is 5.75 Å². The third kappa shape index (κ3) is 2.96. The van der Waals surface area contributed by atoms with Gasteiger partial charge in [0.05, 0.1) is 17.6 Å². The van der Waals surface area contributed by atoms with Crippen molar-refractivity contribution in [1.29, 1.82) is 0 Å². The van der Waals surface area contributed by atoms with E-state index in [1.54, 1.807) is 12.1 Å². The molecule has 1 fully saturated rings. The van der Waals surface area contributed by atoms with Gasteiger partial charge in [-0.15, -0.1) is 0 Å². The number of carbonyl (C=O) groups is 2. The van der Waals surface area contributed by atoms with E-state index in [0.717, 1.165) is 18.4 Å². The minimum Gasteiger partial charge on any atom is -0.491 e. The monoisotopic (exact) mass is 366 g/mol. The van der Waals surface area contributed by atoms with Gasteiger partial charge in [0.2, 0.25) is 0 Å². The predicted octanol–water partition coefficient (Wildman–Crippen LogP) is 1.61. The maximum absolute atomic E-state index is 12.6. The number of amides is 2. The number of hydrogen-bond donors (Lipinski definition) is 3. The molecule has 2 aromatic carbocycles. The average molecular weight is 366 g/mol. The summed E-state index contributed by atoms with van der Waals surface area (Å²) in [5.74, 6) is -0.110. The minimum atomic E-state index is -0.810. The van der Waals surface area contributed by atoms with E-state index in [-0.39, 0.29) is 31.1 Å². The number of aliphatic hydroxyl groups is 1. The molecule has 0 saturated heterocycles. The second-order valence-corrected chi connectivity index (χ2v) is 7.12. The highest BCUT2D eigenvalue weighted by Crippen LogP contribution is 2.45. The number of nitrogens with one attached hydrogen (secondary N) is 2. The first-order valence-electron chi connectivity index (χ1n) is 9.09. The summed E-state index contributed by atoms with van der Waals surface area (Å²) in [6, 6.07) is 13.1. The van der Waals surface area contributed by atoms with Gasteiger partial charge in [-0.1, -0.05) is 30.3 Å². The Morgan fingerprint density at radius 1 is 1.19 bits per heavy atom. The first-order chi connectivity index (χ1) is 13.1. The van der Waals surface area contributed by atoms with Crippen LogP contribution < -0.4 is 15.4 Å². The maximum Gasteiger partial charge on any atom is 0.254 e. The molecule has 6 heteroatoms. The van der Waals surface area contributed by atoms with Crippen LogP contribution in [0.25, 0.3) is 0 Å². The van der Waals surface area contributed by atoms with E-state index in [4.69, 9.17) is 4.74 Å². The molecular weight excluding hydrogens is 344 g/mol. The zero-order chi connectivity index (χ0) is 19.0. The highest BCUT2D eigenvalue weighted by atomic mass is 16.5. The standard InChI is InChI=1S/C21H22N2O4/c1-22-20(26)16-9-13(19(25)23-15-7-8-15)10-17-18(16)27-12-21(17,11-24)14-5-3-2-4-6-14/h2-6,9-10,15,24H,7-8,11-12H2,1H3,(H,22,26)(H,23,25)/t21-/m0/s1. The highest BCUT2D eigenvalue weighted by Gasteiger charge is 2.44. The minimum absolute atomic E-state index is 0.190. The first-order valence-corrected chi connectivity index (χ1v) is 9.09. The third-order valence-electron chi connectivity index (χ3n) is 5.31. The predicted molar refractivity (Wildman–Crippen MR) is 100 cm³/mol. The van der Waals surface area contributed by atoms with Crippen LogP contribution in [0.4, 0.5) is 0 Å². The molecule has 1 aliphatic carbocycles. The summed E-state index contributed by atoms with van der Waals surface area (Å²) in [5, 5.41) is 15.9. The molecule has 1 saturated carbocycles. The quantitative estimate of drug-likeness (QED) is 0.750. The Bertz CT molecular complexity index is 893. The van der Waals surface area contributed by atoms with Gasteiger partial charge in [0, 0.05) is 24.2 Å². The lowest BCUT2D eigenvalue weighted by Crippen LogP contribution is -2.34. The number of hydrogen-bond acceptors (Lipinski definition) is 4. The van der Waals surface area contributed by atoms with Crippen molar-refractivity contribution in [2.45, 2.75) is 24.3 Å². The Morgan fingerprint density at radius 3 is 2.56 bits per heavy atom. The van der Waals surface area contributed by atoms with E-state index < -0.39 is 5.41 Å². The Kier molecular flexibility index (Phi) is 4.36. The lowest BCUT2D eigenvalue weighted by Gasteiger charge is -2.26. The summed E-state index contributed by atoms with van der Waals surface area (Å²) in [7, 11) is 1.54. The molecule has 6 nitrogen and oxygen atoms in total. The van der Waals surface area contributed by atoms with E-state index in [9.17, 15) is 14.7 Å². The van der Waals surface area contributed by atoms with E-state index in [0.29, 0.717) is 22.4 Å². The van der Waals surface area contributed by atoms with Crippen LogP contribution >= 0.6 is 0 Å². The topological polar surface area (TPSA) is 87.7 Å². The van der Waals surface area contributed by atoms with Crippen LogP contribution in [0.3, 0.4) is 0 Å². The third-order valence-corrected chi connectivity index (χ3v) is 5.31. The molecule has 0 aromatic heterocycles. The molecule has 1 aliphatic heterocycles. The van der Waals surface area contributed by atoms with Gasteiger partial charge < -0.3 is 20.5 Å². The fourth-order valence-corrected chi connectivity index (χ4v) is 3.56. The molecule has 4 rings (SSSR count). The molecule has 2 aromatic rings. The smallest absolute Gasteiger partial charge is 0.254 e. The van der Waals surface area contributed by atoms with Gasteiger partial charge in [0.25, 0.3) is 11.8 Å². The summed E-state index contributed by atoms with van der Waals surface area (Å²) >= 11 is 0. The van der Waals surface area contributed by atoms with Crippen LogP contribution in [-0.2, 0) is 5.41 Å². The molecule has 2 amide bonds. The van der Waals surface area contributed by atoms with E-state index >= 15 is 0 Å². The second kappa shape index (κ2) is 6.70. The van der Waals surface area contributed by atoms with E-state index in [1.807, 2.05) is 30.3 Å². The SMILES string of the molecule is CNC(=O)c1cc(C(=O)NC2CC2)cc2c1OC[C@@]2(CO)c1ccccc1. The maximum atomic E-state index is 12.6. The van der Waals surface area contributed by atoms with Gasteiger partial charge in [0.1, 0.15) is 12.4 Å². The highest BCUT2D eigenvalue weighted by molar-refractivity contribution is 6.02. The van der Waals surface area contributed by atoms with Crippen LogP contribution in [-0.4, -0.2) is 43.2 Å². The second-order valence-electron chi connectivity index (χ2n) is 7.12. The molecule has 1 atom stereocenters. The van der Waals surface area contributed by atoms with Gasteiger partial charge in [-0.2, -0.15) is 0 Å².